The Hall–Kier alpha value is -3.03. The number of imidazole rings is 1. The molecule has 1 fully saturated rings. The van der Waals surface area contributed by atoms with Crippen molar-refractivity contribution in [3.8, 4) is 17.0 Å². The van der Waals surface area contributed by atoms with Crippen molar-refractivity contribution in [2.45, 2.75) is 6.92 Å². The normalized spacial score (nSPS) is 14.2. The van der Waals surface area contributed by atoms with Crippen molar-refractivity contribution in [1.82, 2.24) is 14.3 Å². The lowest BCUT2D eigenvalue weighted by molar-refractivity contribution is 0.0750. The molecule has 1 amide bonds. The second-order valence-electron chi connectivity index (χ2n) is 7.75. The first-order valence-electron chi connectivity index (χ1n) is 10.5. The minimum atomic E-state index is 0.0720. The number of carbonyl (C=O) groups is 1. The third kappa shape index (κ3) is 3.72. The number of fused-ring (bicyclic) bond motifs is 1. The molecular formula is C24H23ClN4O2S. The molecule has 0 aliphatic carbocycles. The van der Waals surface area contributed by atoms with Crippen LogP contribution in [0.2, 0.25) is 5.02 Å². The van der Waals surface area contributed by atoms with Gasteiger partial charge in [0.1, 0.15) is 10.6 Å². The molecule has 4 aromatic rings. The molecule has 1 aliphatic heterocycles. The summed E-state index contributed by atoms with van der Waals surface area (Å²) in [4.78, 5) is 23.8. The fourth-order valence-electron chi connectivity index (χ4n) is 4.05. The lowest BCUT2D eigenvalue weighted by atomic mass is 10.2. The molecule has 32 heavy (non-hydrogen) atoms. The summed E-state index contributed by atoms with van der Waals surface area (Å²) in [5.41, 5.74) is 3.85. The second-order valence-corrected chi connectivity index (χ2v) is 9.14. The molecule has 8 heteroatoms. The average molecular weight is 467 g/mol. The number of rotatable bonds is 4. The monoisotopic (exact) mass is 466 g/mol. The van der Waals surface area contributed by atoms with Gasteiger partial charge in [-0.1, -0.05) is 35.1 Å². The number of piperazine rings is 1. The van der Waals surface area contributed by atoms with Crippen molar-refractivity contribution >= 4 is 39.5 Å². The van der Waals surface area contributed by atoms with Crippen molar-refractivity contribution in [2.24, 2.45) is 0 Å². The molecule has 2 aromatic heterocycles. The van der Waals surface area contributed by atoms with Gasteiger partial charge in [-0.15, -0.1) is 0 Å². The molecule has 0 unspecified atom stereocenters. The van der Waals surface area contributed by atoms with Crippen LogP contribution < -0.4 is 9.64 Å². The number of amides is 1. The third-order valence-electron chi connectivity index (χ3n) is 5.90. The molecule has 1 aliphatic rings. The molecule has 2 aromatic carbocycles. The average Bonchev–Trinajstić information content (AvgIpc) is 3.38. The second kappa shape index (κ2) is 8.48. The van der Waals surface area contributed by atoms with Crippen LogP contribution >= 0.6 is 22.9 Å². The highest BCUT2D eigenvalue weighted by atomic mass is 35.5. The zero-order chi connectivity index (χ0) is 22.2. The number of nitrogens with zero attached hydrogens (tertiary/aromatic N) is 4. The Morgan fingerprint density at radius 2 is 1.78 bits per heavy atom. The lowest BCUT2D eigenvalue weighted by Gasteiger charge is -2.36. The SMILES string of the molecule is COc1ccc(-c2cn3c(C)c(C(=O)N4CCN(c5ccccc5Cl)CC4)sc3n2)cc1. The van der Waals surface area contributed by atoms with Crippen LogP contribution in [0.1, 0.15) is 15.4 Å². The maximum Gasteiger partial charge on any atom is 0.265 e. The summed E-state index contributed by atoms with van der Waals surface area (Å²) in [6.45, 7) is 4.84. The van der Waals surface area contributed by atoms with Crippen molar-refractivity contribution < 1.29 is 9.53 Å². The van der Waals surface area contributed by atoms with Gasteiger partial charge in [0, 0.05) is 43.6 Å². The maximum atomic E-state index is 13.3. The van der Waals surface area contributed by atoms with Gasteiger partial charge < -0.3 is 14.5 Å². The van der Waals surface area contributed by atoms with E-state index in [4.69, 9.17) is 21.3 Å². The topological polar surface area (TPSA) is 50.1 Å². The number of anilines is 1. The number of aryl methyl sites for hydroxylation is 1. The summed E-state index contributed by atoms with van der Waals surface area (Å²) in [7, 11) is 1.65. The zero-order valence-corrected chi connectivity index (χ0v) is 19.5. The molecule has 0 atom stereocenters. The van der Waals surface area contributed by atoms with Gasteiger partial charge in [-0.3, -0.25) is 9.20 Å². The van der Waals surface area contributed by atoms with Gasteiger partial charge in [0.05, 0.1) is 23.5 Å². The van der Waals surface area contributed by atoms with Crippen LogP contribution in [0, 0.1) is 6.92 Å². The Morgan fingerprint density at radius 3 is 2.44 bits per heavy atom. The highest BCUT2D eigenvalue weighted by Gasteiger charge is 2.27. The van der Waals surface area contributed by atoms with Gasteiger partial charge in [0.25, 0.3) is 5.91 Å². The summed E-state index contributed by atoms with van der Waals surface area (Å²) >= 11 is 7.79. The molecule has 0 bridgehead atoms. The van der Waals surface area contributed by atoms with Crippen LogP contribution in [0.5, 0.6) is 5.75 Å². The summed E-state index contributed by atoms with van der Waals surface area (Å²) in [5.74, 6) is 0.885. The van der Waals surface area contributed by atoms with Crippen LogP contribution in [0.15, 0.2) is 54.7 Å². The van der Waals surface area contributed by atoms with Crippen LogP contribution in [-0.2, 0) is 0 Å². The maximum absolute atomic E-state index is 13.3. The van der Waals surface area contributed by atoms with E-state index in [9.17, 15) is 4.79 Å². The summed E-state index contributed by atoms with van der Waals surface area (Å²) in [5, 5.41) is 0.746. The van der Waals surface area contributed by atoms with Crippen LogP contribution in [0.4, 0.5) is 5.69 Å². The molecule has 0 N–H and O–H groups in total. The number of hydrogen-bond acceptors (Lipinski definition) is 5. The molecule has 0 spiro atoms. The number of benzene rings is 2. The zero-order valence-electron chi connectivity index (χ0n) is 17.9. The summed E-state index contributed by atoms with van der Waals surface area (Å²) in [6, 6.07) is 15.7. The number of carbonyl (C=O) groups excluding carboxylic acids is 1. The minimum Gasteiger partial charge on any atom is -0.497 e. The first-order valence-corrected chi connectivity index (χ1v) is 11.7. The van der Waals surface area contributed by atoms with E-state index in [0.29, 0.717) is 13.1 Å². The van der Waals surface area contributed by atoms with Gasteiger partial charge in [-0.05, 0) is 43.3 Å². The van der Waals surface area contributed by atoms with Crippen LogP contribution in [-0.4, -0.2) is 53.5 Å². The number of thiazole rings is 1. The van der Waals surface area contributed by atoms with Crippen molar-refractivity contribution in [3.05, 3.63) is 70.3 Å². The molecule has 6 nitrogen and oxygen atoms in total. The Balaban J connectivity index is 1.32. The van der Waals surface area contributed by atoms with E-state index < -0.39 is 0 Å². The van der Waals surface area contributed by atoms with E-state index >= 15 is 0 Å². The van der Waals surface area contributed by atoms with E-state index in [-0.39, 0.29) is 5.91 Å². The summed E-state index contributed by atoms with van der Waals surface area (Å²) < 4.78 is 7.24. The first kappa shape index (κ1) is 20.8. The number of halogens is 1. The highest BCUT2D eigenvalue weighted by Crippen LogP contribution is 2.30. The number of ether oxygens (including phenoxy) is 1. The van der Waals surface area contributed by atoms with Gasteiger partial charge in [0.15, 0.2) is 4.96 Å². The smallest absolute Gasteiger partial charge is 0.265 e. The Kier molecular flexibility index (Phi) is 5.53. The van der Waals surface area contributed by atoms with Crippen LogP contribution in [0.25, 0.3) is 16.2 Å². The molecule has 1 saturated heterocycles. The minimum absolute atomic E-state index is 0.0720. The van der Waals surface area contributed by atoms with Crippen LogP contribution in [0.3, 0.4) is 0 Å². The Bertz CT molecular complexity index is 1270. The fraction of sp³-hybridized carbons (Fsp3) is 0.250. The molecule has 3 heterocycles. The number of methoxy groups -OCH3 is 1. The summed E-state index contributed by atoms with van der Waals surface area (Å²) in [6.07, 6.45) is 2.00. The van der Waals surface area contributed by atoms with E-state index in [1.165, 1.54) is 11.3 Å². The van der Waals surface area contributed by atoms with Gasteiger partial charge >= 0.3 is 0 Å². The number of hydrogen-bond donors (Lipinski definition) is 0. The van der Waals surface area contributed by atoms with Gasteiger partial charge in [-0.2, -0.15) is 0 Å². The third-order valence-corrected chi connectivity index (χ3v) is 7.36. The standard InChI is InChI=1S/C24H23ClN4O2S/c1-16-22(23(30)28-13-11-27(12-14-28)21-6-4-3-5-19(21)25)32-24-26-20(15-29(16)24)17-7-9-18(31-2)10-8-17/h3-10,15H,11-14H2,1-2H3. The van der Waals surface area contributed by atoms with Gasteiger partial charge in [0.2, 0.25) is 0 Å². The van der Waals surface area contributed by atoms with E-state index in [1.54, 1.807) is 7.11 Å². The molecule has 0 saturated carbocycles. The van der Waals surface area contributed by atoms with Crippen molar-refractivity contribution in [2.75, 3.05) is 38.2 Å². The predicted octanol–water partition coefficient (Wildman–Crippen LogP) is 5.00. The number of para-hydroxylation sites is 1. The van der Waals surface area contributed by atoms with E-state index in [1.807, 2.05) is 71.0 Å². The largest absolute Gasteiger partial charge is 0.497 e. The van der Waals surface area contributed by atoms with Crippen molar-refractivity contribution in [3.63, 3.8) is 0 Å². The van der Waals surface area contributed by atoms with Crippen molar-refractivity contribution in [1.29, 1.82) is 0 Å². The van der Waals surface area contributed by atoms with E-state index in [2.05, 4.69) is 4.90 Å². The van der Waals surface area contributed by atoms with Gasteiger partial charge in [-0.25, -0.2) is 4.98 Å². The quantitative estimate of drug-likeness (QED) is 0.425. The molecule has 164 valence electrons. The van der Waals surface area contributed by atoms with E-state index in [0.717, 1.165) is 56.3 Å². The number of aromatic nitrogens is 2. The molecule has 5 rings (SSSR count). The predicted molar refractivity (Wildman–Crippen MR) is 129 cm³/mol. The lowest BCUT2D eigenvalue weighted by Crippen LogP contribution is -2.48. The fourth-order valence-corrected chi connectivity index (χ4v) is 5.38. The Labute approximate surface area is 195 Å². The Morgan fingerprint density at radius 1 is 1.06 bits per heavy atom. The highest BCUT2D eigenvalue weighted by molar-refractivity contribution is 7.19. The first-order chi connectivity index (χ1) is 15.5. The molecule has 0 radical (unpaired) electrons. The molecular weight excluding hydrogens is 444 g/mol.